The van der Waals surface area contributed by atoms with Crippen LogP contribution in [0.15, 0.2) is 48.5 Å². The number of hydrogen-bond acceptors (Lipinski definition) is 6. The van der Waals surface area contributed by atoms with E-state index < -0.39 is 35.6 Å². The molecule has 208 valence electrons. The van der Waals surface area contributed by atoms with Crippen molar-refractivity contribution in [3.8, 4) is 0 Å². The summed E-state index contributed by atoms with van der Waals surface area (Å²) in [7, 11) is 0. The van der Waals surface area contributed by atoms with Crippen LogP contribution >= 0.6 is 11.6 Å². The number of piperazine rings is 1. The molecule has 15 heteroatoms. The van der Waals surface area contributed by atoms with E-state index in [2.05, 4.69) is 25.5 Å². The van der Waals surface area contributed by atoms with Crippen molar-refractivity contribution in [3.05, 3.63) is 70.4 Å². The smallest absolute Gasteiger partial charge is 0.368 e. The number of amides is 2. The van der Waals surface area contributed by atoms with Gasteiger partial charge in [-0.05, 0) is 35.9 Å². The van der Waals surface area contributed by atoms with E-state index in [0.29, 0.717) is 38.4 Å². The molecule has 8 nitrogen and oxygen atoms in total. The molecular formula is C24H22ClF6N7O. The van der Waals surface area contributed by atoms with Crippen LogP contribution in [0.25, 0.3) is 0 Å². The van der Waals surface area contributed by atoms with Gasteiger partial charge >= 0.3 is 18.4 Å². The highest BCUT2D eigenvalue weighted by molar-refractivity contribution is 6.33. The summed E-state index contributed by atoms with van der Waals surface area (Å²) >= 11 is 5.91. The second-order valence-electron chi connectivity index (χ2n) is 8.70. The van der Waals surface area contributed by atoms with E-state index in [1.165, 1.54) is 0 Å². The fraction of sp³-hybridized carbons (Fsp3) is 0.292. The van der Waals surface area contributed by atoms with Crippen LogP contribution in [0.3, 0.4) is 0 Å². The number of nitrogen functional groups attached to an aromatic ring is 1. The molecule has 0 saturated carbocycles. The highest BCUT2D eigenvalue weighted by Crippen LogP contribution is 2.34. The Bertz CT molecular complexity index is 1330. The molecule has 0 radical (unpaired) electrons. The molecule has 2 amide bonds. The maximum atomic E-state index is 13.0. The minimum absolute atomic E-state index is 0.0439. The van der Waals surface area contributed by atoms with Gasteiger partial charge in [-0.15, -0.1) is 0 Å². The van der Waals surface area contributed by atoms with Gasteiger partial charge in [-0.1, -0.05) is 23.7 Å². The number of aromatic nitrogens is 2. The standard InChI is InChI=1S/C24H22ClF6N7O/c25-17-6-3-15(23(26,27)28)11-18(17)34-22(39)33-16-4-1-14(2-5-16)13-37-7-9-38(10-8-37)20-12-19(24(29,30)31)35-21(32)36-20/h1-6,11-12H,7-10,13H2,(H2,32,35,36)(H2,33,34,39). The summed E-state index contributed by atoms with van der Waals surface area (Å²) < 4.78 is 77.9. The predicted molar refractivity (Wildman–Crippen MR) is 134 cm³/mol. The van der Waals surface area contributed by atoms with Gasteiger partial charge in [0.05, 0.1) is 16.3 Å². The maximum absolute atomic E-state index is 13.0. The van der Waals surface area contributed by atoms with Crippen LogP contribution in [0.4, 0.5) is 54.3 Å². The Kier molecular flexibility index (Phi) is 8.07. The van der Waals surface area contributed by atoms with Gasteiger partial charge < -0.3 is 21.3 Å². The lowest BCUT2D eigenvalue weighted by Crippen LogP contribution is -2.46. The number of halogens is 7. The molecule has 1 fully saturated rings. The third-order valence-electron chi connectivity index (χ3n) is 5.88. The van der Waals surface area contributed by atoms with Gasteiger partial charge in [-0.25, -0.2) is 9.78 Å². The van der Waals surface area contributed by atoms with Gasteiger partial charge in [-0.3, -0.25) is 4.90 Å². The zero-order valence-corrected chi connectivity index (χ0v) is 20.8. The monoisotopic (exact) mass is 573 g/mol. The molecule has 1 aromatic heterocycles. The third-order valence-corrected chi connectivity index (χ3v) is 6.21. The van der Waals surface area contributed by atoms with Gasteiger partial charge in [0.2, 0.25) is 5.95 Å². The highest BCUT2D eigenvalue weighted by Gasteiger charge is 2.34. The van der Waals surface area contributed by atoms with Crippen LogP contribution in [0.1, 0.15) is 16.8 Å². The quantitative estimate of drug-likeness (QED) is 0.338. The Labute approximate surface area is 223 Å². The number of nitrogens with two attached hydrogens (primary N) is 1. The molecule has 0 spiro atoms. The van der Waals surface area contributed by atoms with Crippen molar-refractivity contribution < 1.29 is 31.1 Å². The normalized spacial score (nSPS) is 14.8. The number of rotatable bonds is 5. The van der Waals surface area contributed by atoms with Crippen molar-refractivity contribution in [2.24, 2.45) is 0 Å². The number of hydrogen-bond donors (Lipinski definition) is 3. The summed E-state index contributed by atoms with van der Waals surface area (Å²) in [5, 5.41) is 4.80. The first-order chi connectivity index (χ1) is 18.3. The second-order valence-corrected chi connectivity index (χ2v) is 9.11. The summed E-state index contributed by atoms with van der Waals surface area (Å²) in [5.74, 6) is -0.322. The Morgan fingerprint density at radius 1 is 0.897 bits per heavy atom. The van der Waals surface area contributed by atoms with Gasteiger partial charge in [0.25, 0.3) is 0 Å². The van der Waals surface area contributed by atoms with Crippen molar-refractivity contribution in [3.63, 3.8) is 0 Å². The summed E-state index contributed by atoms with van der Waals surface area (Å²) in [5.41, 5.74) is 4.57. The number of carbonyl (C=O) groups excluding carboxylic acids is 1. The van der Waals surface area contributed by atoms with Gasteiger partial charge in [-0.2, -0.15) is 31.3 Å². The van der Waals surface area contributed by atoms with Gasteiger partial charge in [0.15, 0.2) is 5.69 Å². The number of benzene rings is 2. The SMILES string of the molecule is Nc1nc(N2CCN(Cc3ccc(NC(=O)Nc4cc(C(F)(F)F)ccc4Cl)cc3)CC2)cc(C(F)(F)F)n1. The van der Waals surface area contributed by atoms with E-state index in [9.17, 15) is 31.1 Å². The minimum atomic E-state index is -4.62. The van der Waals surface area contributed by atoms with E-state index in [-0.39, 0.29) is 16.5 Å². The van der Waals surface area contributed by atoms with E-state index in [1.807, 2.05) is 0 Å². The molecule has 3 aromatic rings. The largest absolute Gasteiger partial charge is 0.433 e. The molecule has 2 aromatic carbocycles. The van der Waals surface area contributed by atoms with Crippen molar-refractivity contribution in [2.45, 2.75) is 18.9 Å². The average Bonchev–Trinajstić information content (AvgIpc) is 2.85. The second kappa shape index (κ2) is 11.1. The highest BCUT2D eigenvalue weighted by atomic mass is 35.5. The van der Waals surface area contributed by atoms with E-state index in [1.54, 1.807) is 29.2 Å². The van der Waals surface area contributed by atoms with Crippen molar-refractivity contribution >= 4 is 40.8 Å². The third kappa shape index (κ3) is 7.41. The summed E-state index contributed by atoms with van der Waals surface area (Å²) in [6.07, 6.45) is -9.21. The van der Waals surface area contributed by atoms with Crippen molar-refractivity contribution in [1.82, 2.24) is 14.9 Å². The first kappa shape index (κ1) is 28.2. The molecule has 4 N–H and O–H groups in total. The van der Waals surface area contributed by atoms with Crippen molar-refractivity contribution in [1.29, 1.82) is 0 Å². The maximum Gasteiger partial charge on any atom is 0.433 e. The van der Waals surface area contributed by atoms with Crippen molar-refractivity contribution in [2.75, 3.05) is 47.4 Å². The van der Waals surface area contributed by atoms with Gasteiger partial charge in [0.1, 0.15) is 5.82 Å². The molecule has 1 aliphatic rings. The molecule has 0 aliphatic carbocycles. The predicted octanol–water partition coefficient (Wildman–Crippen LogP) is 5.72. The van der Waals surface area contributed by atoms with Gasteiger partial charge in [0, 0.05) is 44.5 Å². The molecular weight excluding hydrogens is 552 g/mol. The Hall–Kier alpha value is -3.78. The van der Waals surface area contributed by atoms with E-state index in [4.69, 9.17) is 17.3 Å². The van der Waals surface area contributed by atoms with Crippen LogP contribution in [0.2, 0.25) is 5.02 Å². The number of anilines is 4. The lowest BCUT2D eigenvalue weighted by Gasteiger charge is -2.35. The van der Waals surface area contributed by atoms with Crippen LogP contribution in [0.5, 0.6) is 0 Å². The minimum Gasteiger partial charge on any atom is -0.368 e. The Morgan fingerprint density at radius 3 is 2.18 bits per heavy atom. The lowest BCUT2D eigenvalue weighted by molar-refractivity contribution is -0.141. The van der Waals surface area contributed by atoms with Crippen LogP contribution in [0, 0.1) is 0 Å². The van der Waals surface area contributed by atoms with Crippen LogP contribution in [-0.4, -0.2) is 47.1 Å². The molecule has 0 unspecified atom stereocenters. The molecule has 0 bridgehead atoms. The fourth-order valence-electron chi connectivity index (χ4n) is 3.93. The number of urea groups is 1. The fourth-order valence-corrected chi connectivity index (χ4v) is 4.09. The molecule has 39 heavy (non-hydrogen) atoms. The Balaban J connectivity index is 1.30. The van der Waals surface area contributed by atoms with E-state index >= 15 is 0 Å². The number of alkyl halides is 6. The van der Waals surface area contributed by atoms with E-state index in [0.717, 1.165) is 29.8 Å². The summed E-state index contributed by atoms with van der Waals surface area (Å²) in [6, 6.07) is 9.58. The Morgan fingerprint density at radius 2 is 1.56 bits per heavy atom. The molecule has 1 saturated heterocycles. The topological polar surface area (TPSA) is 99.4 Å². The summed E-state index contributed by atoms with van der Waals surface area (Å²) in [6.45, 7) is 2.55. The zero-order chi connectivity index (χ0) is 28.4. The van der Waals surface area contributed by atoms with Crippen LogP contribution < -0.4 is 21.3 Å². The lowest BCUT2D eigenvalue weighted by atomic mass is 10.1. The number of nitrogens with zero attached hydrogens (tertiary/aromatic N) is 4. The van der Waals surface area contributed by atoms with Crippen LogP contribution in [-0.2, 0) is 18.9 Å². The first-order valence-corrected chi connectivity index (χ1v) is 11.9. The first-order valence-electron chi connectivity index (χ1n) is 11.5. The number of carbonyl (C=O) groups is 1. The zero-order valence-electron chi connectivity index (χ0n) is 20.1. The molecule has 4 rings (SSSR count). The molecule has 1 aliphatic heterocycles. The molecule has 0 atom stereocenters. The average molecular weight is 574 g/mol. The summed E-state index contributed by atoms with van der Waals surface area (Å²) in [4.78, 5) is 23.3. The molecule has 2 heterocycles. The number of nitrogens with one attached hydrogen (secondary N) is 2.